The van der Waals surface area contributed by atoms with Crippen LogP contribution in [0.4, 0.5) is 5.95 Å². The molecule has 8 heteroatoms. The molecule has 0 fully saturated rings. The summed E-state index contributed by atoms with van der Waals surface area (Å²) in [5.74, 6) is 2.52. The summed E-state index contributed by atoms with van der Waals surface area (Å²) in [4.78, 5) is 13.9. The number of hydrogen-bond donors (Lipinski definition) is 1. The van der Waals surface area contributed by atoms with E-state index < -0.39 is 0 Å². The van der Waals surface area contributed by atoms with Gasteiger partial charge < -0.3 is 14.5 Å². The highest BCUT2D eigenvalue weighted by atomic mass is 16.5. The Labute approximate surface area is 150 Å². The minimum absolute atomic E-state index is 0.173. The molecular formula is C18H20N6O2. The molecule has 1 atom stereocenters. The fraction of sp³-hybridized carbons (Fsp3) is 0.333. The van der Waals surface area contributed by atoms with Gasteiger partial charge in [-0.05, 0) is 24.3 Å². The smallest absolute Gasteiger partial charge is 0.216 e. The quantitative estimate of drug-likeness (QED) is 0.772. The van der Waals surface area contributed by atoms with E-state index in [2.05, 4.69) is 25.8 Å². The lowest BCUT2D eigenvalue weighted by molar-refractivity contribution is 0.147. The minimum Gasteiger partial charge on any atom is -0.465 e. The third-order valence-electron chi connectivity index (χ3n) is 4.78. The molecule has 3 aromatic rings. The Morgan fingerprint density at radius 3 is 3.04 bits per heavy atom. The first-order valence-corrected chi connectivity index (χ1v) is 8.65. The molecule has 2 aliphatic heterocycles. The number of imidazole rings is 1. The van der Waals surface area contributed by atoms with Gasteiger partial charge in [-0.3, -0.25) is 14.4 Å². The number of nitrogens with one attached hydrogen (secondary N) is 1. The number of furan rings is 1. The number of methoxy groups -OCH3 is 1. The van der Waals surface area contributed by atoms with Crippen LogP contribution in [0.2, 0.25) is 0 Å². The van der Waals surface area contributed by atoms with Crippen molar-refractivity contribution in [3.63, 3.8) is 0 Å². The van der Waals surface area contributed by atoms with E-state index >= 15 is 0 Å². The first-order chi connectivity index (χ1) is 12.8. The SMILES string of the molecule is COCCN1CN=C2N[C@@H](c3ccco3)n3c(nc4ccccc43)N2C1. The molecule has 0 bridgehead atoms. The van der Waals surface area contributed by atoms with E-state index in [4.69, 9.17) is 19.1 Å². The maximum atomic E-state index is 5.69. The van der Waals surface area contributed by atoms with Crippen LogP contribution in [0.25, 0.3) is 11.0 Å². The van der Waals surface area contributed by atoms with E-state index in [1.807, 2.05) is 30.3 Å². The van der Waals surface area contributed by atoms with Gasteiger partial charge in [-0.1, -0.05) is 12.1 Å². The molecule has 0 saturated carbocycles. The topological polar surface area (TPSA) is 71.1 Å². The summed E-state index contributed by atoms with van der Waals surface area (Å²) in [7, 11) is 1.72. The van der Waals surface area contributed by atoms with Crippen LogP contribution in [-0.2, 0) is 4.74 Å². The van der Waals surface area contributed by atoms with E-state index in [-0.39, 0.29) is 6.17 Å². The fourth-order valence-electron chi connectivity index (χ4n) is 3.52. The zero-order valence-electron chi connectivity index (χ0n) is 14.5. The number of aromatic nitrogens is 2. The molecule has 0 saturated heterocycles. The molecule has 0 unspecified atom stereocenters. The lowest BCUT2D eigenvalue weighted by atomic mass is 10.2. The number of para-hydroxylation sites is 2. The predicted octanol–water partition coefficient (Wildman–Crippen LogP) is 1.82. The Hall–Kier alpha value is -2.84. The Balaban J connectivity index is 1.62. The predicted molar refractivity (Wildman–Crippen MR) is 97.9 cm³/mol. The Morgan fingerprint density at radius 1 is 1.27 bits per heavy atom. The molecule has 0 amide bonds. The van der Waals surface area contributed by atoms with Crippen molar-refractivity contribution < 1.29 is 9.15 Å². The molecule has 0 radical (unpaired) electrons. The second-order valence-electron chi connectivity index (χ2n) is 6.41. The zero-order valence-corrected chi connectivity index (χ0v) is 14.5. The molecule has 5 rings (SSSR count). The van der Waals surface area contributed by atoms with Gasteiger partial charge in [0.25, 0.3) is 0 Å². The van der Waals surface area contributed by atoms with Gasteiger partial charge in [0.2, 0.25) is 11.9 Å². The molecule has 134 valence electrons. The first kappa shape index (κ1) is 15.4. The van der Waals surface area contributed by atoms with Gasteiger partial charge in [0.15, 0.2) is 6.17 Å². The van der Waals surface area contributed by atoms with Crippen LogP contribution in [0.5, 0.6) is 0 Å². The molecular weight excluding hydrogens is 332 g/mol. The lowest BCUT2D eigenvalue weighted by Gasteiger charge is -2.41. The maximum Gasteiger partial charge on any atom is 0.216 e. The molecule has 0 aliphatic carbocycles. The Bertz CT molecular complexity index is 948. The Kier molecular flexibility index (Phi) is 3.65. The average molecular weight is 352 g/mol. The summed E-state index contributed by atoms with van der Waals surface area (Å²) >= 11 is 0. The van der Waals surface area contributed by atoms with Crippen molar-refractivity contribution in [2.24, 2.45) is 4.99 Å². The van der Waals surface area contributed by atoms with E-state index in [1.165, 1.54) is 0 Å². The molecule has 1 aromatic carbocycles. The first-order valence-electron chi connectivity index (χ1n) is 8.65. The van der Waals surface area contributed by atoms with Crippen LogP contribution >= 0.6 is 0 Å². The highest BCUT2D eigenvalue weighted by Gasteiger charge is 2.36. The summed E-state index contributed by atoms with van der Waals surface area (Å²) in [6.45, 7) is 2.85. The van der Waals surface area contributed by atoms with E-state index in [1.54, 1.807) is 13.4 Å². The number of hydrogen-bond acceptors (Lipinski definition) is 7. The largest absolute Gasteiger partial charge is 0.465 e. The van der Waals surface area contributed by atoms with Gasteiger partial charge in [0.1, 0.15) is 5.76 Å². The number of aliphatic imine (C=N–C) groups is 1. The number of nitrogens with zero attached hydrogens (tertiary/aromatic N) is 5. The molecule has 4 heterocycles. The van der Waals surface area contributed by atoms with Crippen molar-refractivity contribution in [3.05, 3.63) is 48.4 Å². The fourth-order valence-corrected chi connectivity index (χ4v) is 3.52. The van der Waals surface area contributed by atoms with E-state index in [0.29, 0.717) is 19.9 Å². The molecule has 26 heavy (non-hydrogen) atoms. The van der Waals surface area contributed by atoms with Crippen LogP contribution in [0.3, 0.4) is 0 Å². The lowest BCUT2D eigenvalue weighted by Crippen LogP contribution is -2.57. The average Bonchev–Trinajstić information content (AvgIpc) is 3.34. The zero-order chi connectivity index (χ0) is 17.5. The number of ether oxygens (including phenoxy) is 1. The number of benzene rings is 1. The third kappa shape index (κ3) is 2.38. The Morgan fingerprint density at radius 2 is 2.19 bits per heavy atom. The number of fused-ring (bicyclic) bond motifs is 5. The van der Waals surface area contributed by atoms with Crippen LogP contribution in [0, 0.1) is 0 Å². The van der Waals surface area contributed by atoms with Gasteiger partial charge in [0.05, 0.1) is 37.2 Å². The molecule has 2 aromatic heterocycles. The number of anilines is 1. The monoisotopic (exact) mass is 352 g/mol. The summed E-state index contributed by atoms with van der Waals surface area (Å²) < 4.78 is 13.1. The summed E-state index contributed by atoms with van der Waals surface area (Å²) in [5.41, 5.74) is 2.01. The third-order valence-corrected chi connectivity index (χ3v) is 4.78. The molecule has 0 spiro atoms. The normalized spacial score (nSPS) is 19.8. The highest BCUT2D eigenvalue weighted by Crippen LogP contribution is 2.33. The van der Waals surface area contributed by atoms with Gasteiger partial charge in [-0.25, -0.2) is 9.98 Å². The summed E-state index contributed by atoms with van der Waals surface area (Å²) in [6, 6.07) is 12.0. The molecule has 8 nitrogen and oxygen atoms in total. The van der Waals surface area contributed by atoms with Crippen molar-refractivity contribution in [2.45, 2.75) is 6.17 Å². The van der Waals surface area contributed by atoms with Crippen molar-refractivity contribution in [3.8, 4) is 0 Å². The number of guanidine groups is 1. The van der Waals surface area contributed by atoms with Crippen LogP contribution in [0.1, 0.15) is 11.9 Å². The van der Waals surface area contributed by atoms with Gasteiger partial charge in [-0.2, -0.15) is 0 Å². The molecule has 2 aliphatic rings. The summed E-state index contributed by atoms with van der Waals surface area (Å²) in [5, 5.41) is 3.52. The van der Waals surface area contributed by atoms with Gasteiger partial charge in [-0.15, -0.1) is 0 Å². The van der Waals surface area contributed by atoms with Crippen molar-refractivity contribution in [2.75, 3.05) is 38.5 Å². The maximum absolute atomic E-state index is 5.69. The second kappa shape index (κ2) is 6.15. The standard InChI is InChI=1S/C18H20N6O2/c1-25-10-8-22-11-19-17-21-16(15-7-4-9-26-15)24-14-6-3-2-5-13(14)20-18(24)23(17)12-22/h2-7,9,16H,8,10-12H2,1H3,(H,19,21)/t16-/m1/s1. The van der Waals surface area contributed by atoms with E-state index in [9.17, 15) is 0 Å². The summed E-state index contributed by atoms with van der Waals surface area (Å²) in [6.07, 6.45) is 1.52. The van der Waals surface area contributed by atoms with Crippen molar-refractivity contribution >= 4 is 22.9 Å². The van der Waals surface area contributed by atoms with Crippen LogP contribution in [-0.4, -0.2) is 54.0 Å². The minimum atomic E-state index is -0.173. The molecule has 1 N–H and O–H groups in total. The van der Waals surface area contributed by atoms with Gasteiger partial charge >= 0.3 is 0 Å². The highest BCUT2D eigenvalue weighted by molar-refractivity contribution is 5.98. The van der Waals surface area contributed by atoms with Gasteiger partial charge in [0, 0.05) is 13.7 Å². The van der Waals surface area contributed by atoms with Crippen molar-refractivity contribution in [1.82, 2.24) is 19.8 Å². The second-order valence-corrected chi connectivity index (χ2v) is 6.41. The van der Waals surface area contributed by atoms with E-state index in [0.717, 1.165) is 35.2 Å². The van der Waals surface area contributed by atoms with Crippen LogP contribution < -0.4 is 10.2 Å². The van der Waals surface area contributed by atoms with Crippen LogP contribution in [0.15, 0.2) is 52.1 Å². The number of rotatable bonds is 4. The van der Waals surface area contributed by atoms with Crippen molar-refractivity contribution in [1.29, 1.82) is 0 Å².